The molecule has 2 heterocycles. The highest BCUT2D eigenvalue weighted by molar-refractivity contribution is 5.79. The average molecular weight is 389 g/mol. The first-order chi connectivity index (χ1) is 13.3. The summed E-state index contributed by atoms with van der Waals surface area (Å²) >= 11 is 0. The lowest BCUT2D eigenvalue weighted by Gasteiger charge is -2.10. The van der Waals surface area contributed by atoms with Crippen LogP contribution < -0.4 is 5.56 Å². The molecule has 5 nitrogen and oxygen atoms in total. The smallest absolute Gasteiger partial charge is 0.329 e. The molecule has 142 valence electrons. The topological polar surface area (TPSA) is 60.9 Å². The van der Waals surface area contributed by atoms with E-state index in [2.05, 4.69) is 14.7 Å². The van der Waals surface area contributed by atoms with E-state index in [1.807, 2.05) is 0 Å². The van der Waals surface area contributed by atoms with Crippen LogP contribution in [0.4, 0.5) is 17.6 Å². The van der Waals surface area contributed by atoms with Gasteiger partial charge in [-0.15, -0.1) is 0 Å². The fourth-order valence-electron chi connectivity index (χ4n) is 2.82. The fourth-order valence-corrected chi connectivity index (χ4v) is 2.82. The zero-order valence-corrected chi connectivity index (χ0v) is 14.1. The van der Waals surface area contributed by atoms with Crippen molar-refractivity contribution in [1.82, 2.24) is 14.7 Å². The number of nitrogens with zero attached hydrogens (tertiary/aromatic N) is 3. The van der Waals surface area contributed by atoms with Crippen LogP contribution in [-0.2, 0) is 12.7 Å². The molecule has 0 N–H and O–H groups in total. The molecule has 0 saturated carbocycles. The van der Waals surface area contributed by atoms with Crippen molar-refractivity contribution in [2.45, 2.75) is 12.7 Å². The van der Waals surface area contributed by atoms with Gasteiger partial charge in [-0.05, 0) is 35.2 Å². The lowest BCUT2D eigenvalue weighted by atomic mass is 10.1. The number of benzene rings is 2. The number of halogens is 4. The van der Waals surface area contributed by atoms with Crippen molar-refractivity contribution in [3.63, 3.8) is 0 Å². The number of hydrogen-bond acceptors (Lipinski definition) is 4. The zero-order chi connectivity index (χ0) is 19.9. The maximum atomic E-state index is 13.6. The Morgan fingerprint density at radius 3 is 2.39 bits per heavy atom. The zero-order valence-electron chi connectivity index (χ0n) is 14.1. The molecule has 0 saturated heterocycles. The Labute approximate surface area is 154 Å². The van der Waals surface area contributed by atoms with E-state index in [1.54, 1.807) is 24.3 Å². The predicted molar refractivity (Wildman–Crippen MR) is 92.0 cm³/mol. The quantitative estimate of drug-likeness (QED) is 0.492. The molecule has 4 aromatic rings. The molecule has 0 aliphatic carbocycles. The highest BCUT2D eigenvalue weighted by Crippen LogP contribution is 2.29. The number of alkyl halides is 3. The summed E-state index contributed by atoms with van der Waals surface area (Å²) in [6.07, 6.45) is -4.71. The van der Waals surface area contributed by atoms with Crippen molar-refractivity contribution < 1.29 is 22.1 Å². The third kappa shape index (κ3) is 3.38. The molecule has 0 aliphatic heterocycles. The van der Waals surface area contributed by atoms with Crippen molar-refractivity contribution in [2.75, 3.05) is 0 Å². The van der Waals surface area contributed by atoms with Crippen LogP contribution in [0.25, 0.3) is 22.3 Å². The summed E-state index contributed by atoms with van der Waals surface area (Å²) in [6.45, 7) is 0.167. The lowest BCUT2D eigenvalue weighted by molar-refractivity contribution is -0.159. The van der Waals surface area contributed by atoms with Crippen LogP contribution in [0.1, 0.15) is 11.5 Å². The van der Waals surface area contributed by atoms with Crippen molar-refractivity contribution in [3.05, 3.63) is 82.2 Å². The molecule has 2 aromatic heterocycles. The summed E-state index contributed by atoms with van der Waals surface area (Å²) in [5.41, 5.74) is 1.18. The van der Waals surface area contributed by atoms with Gasteiger partial charge in [-0.1, -0.05) is 29.4 Å². The maximum absolute atomic E-state index is 13.6. The van der Waals surface area contributed by atoms with Gasteiger partial charge in [-0.25, -0.2) is 4.39 Å². The Hall–Kier alpha value is -3.49. The van der Waals surface area contributed by atoms with Crippen LogP contribution >= 0.6 is 0 Å². The van der Waals surface area contributed by atoms with Gasteiger partial charge in [0.25, 0.3) is 5.56 Å². The highest BCUT2D eigenvalue weighted by atomic mass is 19.4. The number of rotatable bonds is 3. The van der Waals surface area contributed by atoms with E-state index in [4.69, 9.17) is 0 Å². The normalized spacial score (nSPS) is 11.9. The molecule has 0 atom stereocenters. The second-order valence-electron chi connectivity index (χ2n) is 6.08. The predicted octanol–water partition coefficient (Wildman–Crippen LogP) is 4.26. The molecule has 0 unspecified atom stereocenters. The third-order valence-corrected chi connectivity index (χ3v) is 4.18. The van der Waals surface area contributed by atoms with E-state index >= 15 is 0 Å². The minimum Gasteiger partial charge on any atom is -0.329 e. The van der Waals surface area contributed by atoms with Crippen LogP contribution in [0.3, 0.4) is 0 Å². The summed E-state index contributed by atoms with van der Waals surface area (Å²) in [5.74, 6) is -2.07. The molecule has 0 radical (unpaired) electrons. The first-order valence-corrected chi connectivity index (χ1v) is 8.10. The maximum Gasteiger partial charge on any atom is 0.471 e. The second kappa shape index (κ2) is 6.59. The van der Waals surface area contributed by atoms with Crippen LogP contribution in [0, 0.1) is 5.82 Å². The lowest BCUT2D eigenvalue weighted by Crippen LogP contribution is -2.20. The highest BCUT2D eigenvalue weighted by Gasteiger charge is 2.38. The van der Waals surface area contributed by atoms with Gasteiger partial charge in [0.1, 0.15) is 5.82 Å². The summed E-state index contributed by atoms with van der Waals surface area (Å²) in [7, 11) is 0. The van der Waals surface area contributed by atoms with Gasteiger partial charge in [0.15, 0.2) is 0 Å². The van der Waals surface area contributed by atoms with Crippen molar-refractivity contribution in [1.29, 1.82) is 0 Å². The molecule has 9 heteroatoms. The van der Waals surface area contributed by atoms with E-state index in [0.717, 1.165) is 0 Å². The first kappa shape index (κ1) is 17.9. The first-order valence-electron chi connectivity index (χ1n) is 8.10. The standard InChI is InChI=1S/C19H11F4N3O2/c20-14-7-5-12-6-8-16(27)26(15(12)9-14)10-11-1-3-13(4-2-11)17-24-18(28-25-17)19(21,22)23/h1-9H,10H2. The Bertz CT molecular complexity index is 1210. The number of fused-ring (bicyclic) bond motifs is 1. The van der Waals surface area contributed by atoms with Gasteiger partial charge in [0.2, 0.25) is 5.82 Å². The SMILES string of the molecule is O=c1ccc2ccc(F)cc2n1Cc1ccc(-c2noc(C(F)(F)F)n2)cc1. The van der Waals surface area contributed by atoms with Gasteiger partial charge in [0.05, 0.1) is 12.1 Å². The largest absolute Gasteiger partial charge is 0.471 e. The minimum atomic E-state index is -4.71. The van der Waals surface area contributed by atoms with Crippen molar-refractivity contribution in [3.8, 4) is 11.4 Å². The average Bonchev–Trinajstić information content (AvgIpc) is 3.15. The van der Waals surface area contributed by atoms with E-state index in [1.165, 1.54) is 34.9 Å². The van der Waals surface area contributed by atoms with E-state index in [0.29, 0.717) is 22.0 Å². The van der Waals surface area contributed by atoms with Gasteiger partial charge in [-0.3, -0.25) is 4.79 Å². The molecule has 0 fully saturated rings. The van der Waals surface area contributed by atoms with Crippen molar-refractivity contribution >= 4 is 10.9 Å². The number of hydrogen-bond donors (Lipinski definition) is 0. The Morgan fingerprint density at radius 2 is 1.71 bits per heavy atom. The number of aromatic nitrogens is 3. The summed E-state index contributed by atoms with van der Waals surface area (Å²) in [4.78, 5) is 15.6. The molecule has 4 rings (SSSR count). The third-order valence-electron chi connectivity index (χ3n) is 4.18. The molecule has 0 amide bonds. The molecular weight excluding hydrogens is 378 g/mol. The van der Waals surface area contributed by atoms with E-state index < -0.39 is 17.9 Å². The van der Waals surface area contributed by atoms with E-state index in [9.17, 15) is 22.4 Å². The van der Waals surface area contributed by atoms with Gasteiger partial charge >= 0.3 is 12.1 Å². The molecule has 28 heavy (non-hydrogen) atoms. The molecule has 2 aromatic carbocycles. The van der Waals surface area contributed by atoms with Gasteiger partial charge in [-0.2, -0.15) is 18.2 Å². The van der Waals surface area contributed by atoms with Gasteiger partial charge < -0.3 is 9.09 Å². The molecule has 0 aliphatic rings. The molecule has 0 spiro atoms. The van der Waals surface area contributed by atoms with Gasteiger partial charge in [0, 0.05) is 11.6 Å². The second-order valence-corrected chi connectivity index (χ2v) is 6.08. The van der Waals surface area contributed by atoms with Crippen LogP contribution in [0.2, 0.25) is 0 Å². The monoisotopic (exact) mass is 389 g/mol. The van der Waals surface area contributed by atoms with Crippen LogP contribution in [-0.4, -0.2) is 14.7 Å². The molecule has 0 bridgehead atoms. The fraction of sp³-hybridized carbons (Fsp3) is 0.105. The Balaban J connectivity index is 1.65. The summed E-state index contributed by atoms with van der Waals surface area (Å²) < 4.78 is 56.9. The Kier molecular flexibility index (Phi) is 4.21. The van der Waals surface area contributed by atoms with Crippen LogP contribution in [0.5, 0.6) is 0 Å². The van der Waals surface area contributed by atoms with Crippen LogP contribution in [0.15, 0.2) is 63.9 Å². The minimum absolute atomic E-state index is 0.167. The number of pyridine rings is 1. The van der Waals surface area contributed by atoms with Crippen molar-refractivity contribution in [2.24, 2.45) is 0 Å². The summed E-state index contributed by atoms with van der Waals surface area (Å²) in [6, 6.07) is 13.5. The van der Waals surface area contributed by atoms with E-state index in [-0.39, 0.29) is 17.9 Å². The summed E-state index contributed by atoms with van der Waals surface area (Å²) in [5, 5.41) is 4.04. The Morgan fingerprint density at radius 1 is 1.00 bits per heavy atom. The molecular formula is C19H11F4N3O2.